The first-order valence-corrected chi connectivity index (χ1v) is 16.6. The Morgan fingerprint density at radius 2 is 1.33 bits per heavy atom. The summed E-state index contributed by atoms with van der Waals surface area (Å²) < 4.78 is 16.0. The monoisotopic (exact) mass is 658 g/mol. The Kier molecular flexibility index (Phi) is 16.4. The van der Waals surface area contributed by atoms with Gasteiger partial charge in [0.2, 0.25) is 0 Å². The summed E-state index contributed by atoms with van der Waals surface area (Å²) in [5, 5.41) is 31.7. The number of hydrogen-bond acceptors (Lipinski definition) is 9. The van der Waals surface area contributed by atoms with Crippen LogP contribution in [0.3, 0.4) is 0 Å². The van der Waals surface area contributed by atoms with Gasteiger partial charge in [-0.2, -0.15) is 0 Å². The Morgan fingerprint density at radius 3 is 1.90 bits per heavy atom. The first kappa shape index (κ1) is 38.0. The molecular weight excluding hydrogens is 612 g/mol. The van der Waals surface area contributed by atoms with Gasteiger partial charge in [0.15, 0.2) is 0 Å². The third-order valence-electron chi connectivity index (χ3n) is 8.29. The Morgan fingerprint density at radius 1 is 0.792 bits per heavy atom. The molecule has 1 aliphatic rings. The van der Waals surface area contributed by atoms with E-state index in [4.69, 9.17) is 27.1 Å². The van der Waals surface area contributed by atoms with Crippen LogP contribution in [-0.2, 0) is 20.8 Å². The number of unbranched alkanes of at least 4 members (excludes halogenated alkanes) is 1. The molecule has 3 N–H and O–H groups in total. The second-order valence-corrected chi connectivity index (χ2v) is 12.0. The molecule has 1 fully saturated rings. The maximum Gasteiger partial charge on any atom is 0.312 e. The Bertz CT molecular complexity index is 1390. The zero-order valence-electron chi connectivity index (χ0n) is 27.3. The van der Waals surface area contributed by atoms with Crippen LogP contribution in [0.4, 0.5) is 0 Å². The second-order valence-electron chi connectivity index (χ2n) is 12.0. The van der Waals surface area contributed by atoms with Gasteiger partial charge in [-0.3, -0.25) is 14.4 Å². The average molecular weight is 659 g/mol. The first-order valence-electron chi connectivity index (χ1n) is 16.6. The highest BCUT2D eigenvalue weighted by Gasteiger charge is 2.40. The highest BCUT2D eigenvalue weighted by molar-refractivity contribution is 5.76. The lowest BCUT2D eigenvalue weighted by atomic mass is 9.85. The molecule has 1 saturated carbocycles. The Hall–Kier alpha value is -4.41. The number of ether oxygens (including phenoxy) is 3. The van der Waals surface area contributed by atoms with Crippen LogP contribution in [0.25, 0.3) is 0 Å². The number of hydrogen-bond donors (Lipinski definition) is 3. The molecule has 0 aromatic heterocycles. The van der Waals surface area contributed by atoms with E-state index in [0.717, 1.165) is 6.42 Å². The molecule has 0 heterocycles. The Labute approximate surface area is 283 Å². The molecule has 5 atom stereocenters. The predicted octanol–water partition coefficient (Wildman–Crippen LogP) is 5.48. The fourth-order valence-corrected chi connectivity index (χ4v) is 5.77. The maximum absolute atomic E-state index is 12.6. The van der Waals surface area contributed by atoms with Crippen molar-refractivity contribution in [2.45, 2.75) is 102 Å². The van der Waals surface area contributed by atoms with Crippen LogP contribution in [-0.4, -0.2) is 51.5 Å². The number of carbonyl (C=O) groups is 3. The SMILES string of the molecule is C#CCCC(=O)Oc1cc(OC(=O)CCC#C)cc(OC(=O)CCC/C=C\C[C@@H]2[C@@H](CC[C@@H](O)CCc3ccccc3)[C@H](O)C[C@@H]2O)c1. The van der Waals surface area contributed by atoms with Gasteiger partial charge >= 0.3 is 17.9 Å². The highest BCUT2D eigenvalue weighted by atomic mass is 16.6. The van der Waals surface area contributed by atoms with Gasteiger partial charge in [-0.25, -0.2) is 0 Å². The van der Waals surface area contributed by atoms with Crippen molar-refractivity contribution in [3.8, 4) is 41.9 Å². The molecule has 256 valence electrons. The number of terminal acetylenes is 2. The molecule has 2 aromatic rings. The summed E-state index contributed by atoms with van der Waals surface area (Å²) in [6, 6.07) is 14.1. The number of aliphatic hydroxyl groups is 3. The van der Waals surface area contributed by atoms with E-state index in [1.807, 2.05) is 42.5 Å². The van der Waals surface area contributed by atoms with Crippen molar-refractivity contribution in [1.82, 2.24) is 0 Å². The summed E-state index contributed by atoms with van der Waals surface area (Å²) >= 11 is 0. The van der Waals surface area contributed by atoms with Crippen molar-refractivity contribution < 1.29 is 43.9 Å². The van der Waals surface area contributed by atoms with Crippen molar-refractivity contribution in [3.63, 3.8) is 0 Å². The van der Waals surface area contributed by atoms with E-state index < -0.39 is 36.2 Å². The molecule has 0 amide bonds. The van der Waals surface area contributed by atoms with Gasteiger partial charge in [0.05, 0.1) is 31.2 Å². The van der Waals surface area contributed by atoms with Crippen LogP contribution in [0.2, 0.25) is 0 Å². The highest BCUT2D eigenvalue weighted by Crippen LogP contribution is 2.38. The number of esters is 3. The average Bonchev–Trinajstić information content (AvgIpc) is 3.33. The summed E-state index contributed by atoms with van der Waals surface area (Å²) in [4.78, 5) is 36.7. The molecule has 9 heteroatoms. The zero-order valence-corrected chi connectivity index (χ0v) is 27.3. The summed E-state index contributed by atoms with van der Waals surface area (Å²) in [6.07, 6.45) is 17.7. The maximum atomic E-state index is 12.6. The van der Waals surface area contributed by atoms with Gasteiger partial charge < -0.3 is 29.5 Å². The summed E-state index contributed by atoms with van der Waals surface area (Å²) in [5.74, 6) is 2.92. The lowest BCUT2D eigenvalue weighted by Gasteiger charge is -2.23. The number of rotatable bonds is 19. The first-order chi connectivity index (χ1) is 23.2. The van der Waals surface area contributed by atoms with Gasteiger partial charge in [0.25, 0.3) is 0 Å². The van der Waals surface area contributed by atoms with Crippen LogP contribution in [0.15, 0.2) is 60.7 Å². The fourth-order valence-electron chi connectivity index (χ4n) is 5.77. The standard InChI is InChI=1S/C39H46O9/c1-3-5-17-37(43)46-30-24-31(47-38(44)18-6-4-2)26-32(25-30)48-39(45)19-13-8-7-12-16-33-34(36(42)27-35(33)41)23-22-29(40)21-20-28-14-10-9-11-15-28/h1-2,7,9-12,14-15,24-26,29,33-36,40-42H,5-6,8,13,16-23,27H2/b12-7-/t29-,33+,34+,35-,36+/m0/s1. The molecule has 0 radical (unpaired) electrons. The summed E-state index contributed by atoms with van der Waals surface area (Å²) in [7, 11) is 0. The van der Waals surface area contributed by atoms with Gasteiger partial charge in [0.1, 0.15) is 17.2 Å². The number of aryl methyl sites for hydroxylation is 1. The van der Waals surface area contributed by atoms with Crippen molar-refractivity contribution in [1.29, 1.82) is 0 Å². The number of carbonyl (C=O) groups excluding carboxylic acids is 3. The molecule has 2 aromatic carbocycles. The van der Waals surface area contributed by atoms with Gasteiger partial charge in [0, 0.05) is 37.5 Å². The van der Waals surface area contributed by atoms with Crippen LogP contribution < -0.4 is 14.2 Å². The molecule has 0 saturated heterocycles. The quantitative estimate of drug-likeness (QED) is 0.0589. The minimum atomic E-state index is -0.611. The van der Waals surface area contributed by atoms with E-state index in [1.54, 1.807) is 0 Å². The van der Waals surface area contributed by atoms with E-state index in [1.165, 1.54) is 23.8 Å². The predicted molar refractivity (Wildman–Crippen MR) is 181 cm³/mol. The minimum absolute atomic E-state index is 0.00934. The zero-order chi connectivity index (χ0) is 34.7. The third kappa shape index (κ3) is 13.8. The molecule has 0 unspecified atom stereocenters. The normalized spacial score (nSPS) is 19.3. The van der Waals surface area contributed by atoms with E-state index in [0.29, 0.717) is 44.9 Å². The van der Waals surface area contributed by atoms with Gasteiger partial charge in [-0.15, -0.1) is 24.7 Å². The molecular formula is C39H46O9. The van der Waals surface area contributed by atoms with Crippen molar-refractivity contribution in [2.75, 3.05) is 0 Å². The van der Waals surface area contributed by atoms with Crippen molar-refractivity contribution in [3.05, 3.63) is 66.2 Å². The van der Waals surface area contributed by atoms with Gasteiger partial charge in [-0.05, 0) is 68.8 Å². The number of allylic oxidation sites excluding steroid dienone is 2. The lowest BCUT2D eigenvalue weighted by molar-refractivity contribution is -0.134. The molecule has 3 rings (SSSR count). The molecule has 0 bridgehead atoms. The molecule has 0 aliphatic heterocycles. The molecule has 48 heavy (non-hydrogen) atoms. The summed E-state index contributed by atoms with van der Waals surface area (Å²) in [6.45, 7) is 0. The fraction of sp³-hybridized carbons (Fsp3) is 0.462. The molecule has 1 aliphatic carbocycles. The third-order valence-corrected chi connectivity index (χ3v) is 8.29. The largest absolute Gasteiger partial charge is 0.426 e. The van der Waals surface area contributed by atoms with Gasteiger partial charge in [-0.1, -0.05) is 42.5 Å². The van der Waals surface area contributed by atoms with Crippen LogP contribution in [0, 0.1) is 36.5 Å². The lowest BCUT2D eigenvalue weighted by Crippen LogP contribution is -2.23. The van der Waals surface area contributed by atoms with E-state index in [2.05, 4.69) is 11.8 Å². The van der Waals surface area contributed by atoms with E-state index >= 15 is 0 Å². The minimum Gasteiger partial charge on any atom is -0.426 e. The number of aliphatic hydroxyl groups excluding tert-OH is 3. The van der Waals surface area contributed by atoms with E-state index in [9.17, 15) is 29.7 Å². The van der Waals surface area contributed by atoms with Crippen molar-refractivity contribution in [2.24, 2.45) is 11.8 Å². The topological polar surface area (TPSA) is 140 Å². The second kappa shape index (κ2) is 20.7. The van der Waals surface area contributed by atoms with Crippen LogP contribution in [0.1, 0.15) is 82.6 Å². The van der Waals surface area contributed by atoms with Crippen molar-refractivity contribution >= 4 is 17.9 Å². The Balaban J connectivity index is 1.45. The number of benzene rings is 2. The molecule has 0 spiro atoms. The summed E-state index contributed by atoms with van der Waals surface area (Å²) in [5.41, 5.74) is 1.18. The van der Waals surface area contributed by atoms with Crippen LogP contribution in [0.5, 0.6) is 17.2 Å². The molecule has 9 nitrogen and oxygen atoms in total. The smallest absolute Gasteiger partial charge is 0.312 e. The van der Waals surface area contributed by atoms with Crippen LogP contribution >= 0.6 is 0 Å². The van der Waals surface area contributed by atoms with E-state index in [-0.39, 0.29) is 61.2 Å².